The molecule has 0 fully saturated rings. The molecule has 1 N–H and O–H groups in total. The van der Waals surface area contributed by atoms with E-state index in [9.17, 15) is 14.0 Å². The van der Waals surface area contributed by atoms with E-state index in [1.165, 1.54) is 24.4 Å². The van der Waals surface area contributed by atoms with Gasteiger partial charge in [-0.1, -0.05) is 24.3 Å². The van der Waals surface area contributed by atoms with E-state index in [-0.39, 0.29) is 11.9 Å². The van der Waals surface area contributed by atoms with Crippen molar-refractivity contribution in [3.63, 3.8) is 0 Å². The molecule has 6 heteroatoms. The molecule has 28 heavy (non-hydrogen) atoms. The monoisotopic (exact) mass is 374 g/mol. The normalized spacial score (nSPS) is 20.9. The van der Waals surface area contributed by atoms with Gasteiger partial charge in [-0.05, 0) is 54.4 Å². The Hall–Kier alpha value is -3.59. The average Bonchev–Trinajstić information content (AvgIpc) is 3.07. The van der Waals surface area contributed by atoms with Crippen LogP contribution in [0.4, 0.5) is 8.78 Å². The average molecular weight is 374 g/mol. The van der Waals surface area contributed by atoms with Crippen molar-refractivity contribution in [1.82, 2.24) is 10.3 Å². The van der Waals surface area contributed by atoms with Crippen LogP contribution in [0.5, 0.6) is 0 Å². The lowest BCUT2D eigenvalue weighted by Crippen LogP contribution is -2.41. The molecule has 0 bridgehead atoms. The Balaban J connectivity index is 1.93. The fourth-order valence-corrected chi connectivity index (χ4v) is 3.64. The summed E-state index contributed by atoms with van der Waals surface area (Å²) < 4.78 is 27.5. The Morgan fingerprint density at radius 1 is 1.04 bits per heavy atom. The smallest absolute Gasteiger partial charge is 0.213 e. The first-order valence-electron chi connectivity index (χ1n) is 8.78. The van der Waals surface area contributed by atoms with Gasteiger partial charge >= 0.3 is 0 Å². The molecule has 2 heterocycles. The lowest BCUT2D eigenvalue weighted by atomic mass is 9.79. The molecule has 0 amide bonds. The van der Waals surface area contributed by atoms with Gasteiger partial charge in [0, 0.05) is 11.8 Å². The summed E-state index contributed by atoms with van der Waals surface area (Å²) in [5.74, 6) is -0.378. The van der Waals surface area contributed by atoms with Gasteiger partial charge in [0.2, 0.25) is 5.95 Å². The van der Waals surface area contributed by atoms with E-state index in [2.05, 4.69) is 16.4 Å². The molecule has 138 valence electrons. The maximum atomic E-state index is 13.9. The van der Waals surface area contributed by atoms with Gasteiger partial charge in [0.25, 0.3) is 0 Å². The second-order valence-corrected chi connectivity index (χ2v) is 6.66. The highest BCUT2D eigenvalue weighted by molar-refractivity contribution is 6.01. The number of nitrogens with one attached hydrogen (secondary N) is 1. The third-order valence-corrected chi connectivity index (χ3v) is 4.98. The van der Waals surface area contributed by atoms with Crippen LogP contribution in [-0.4, -0.2) is 16.9 Å². The lowest BCUT2D eigenvalue weighted by molar-refractivity contribution is 0.448. The van der Waals surface area contributed by atoms with Crippen LogP contribution in [0.3, 0.4) is 0 Å². The number of amidine groups is 1. The molecule has 1 aliphatic heterocycles. The van der Waals surface area contributed by atoms with Crippen LogP contribution in [0.15, 0.2) is 71.9 Å². The van der Waals surface area contributed by atoms with E-state index < -0.39 is 11.5 Å². The maximum Gasteiger partial charge on any atom is 0.213 e. The molecule has 0 saturated carbocycles. The highest BCUT2D eigenvalue weighted by Crippen LogP contribution is 2.41. The van der Waals surface area contributed by atoms with Crippen molar-refractivity contribution in [3.05, 3.63) is 101 Å². The molecule has 4 rings (SSSR count). The lowest BCUT2D eigenvalue weighted by Gasteiger charge is -2.31. The van der Waals surface area contributed by atoms with Gasteiger partial charge in [-0.2, -0.15) is 9.65 Å². The molecule has 1 aliphatic rings. The second-order valence-electron chi connectivity index (χ2n) is 6.66. The summed E-state index contributed by atoms with van der Waals surface area (Å²) in [7, 11) is 0. The van der Waals surface area contributed by atoms with Crippen LogP contribution in [0.1, 0.15) is 29.2 Å². The van der Waals surface area contributed by atoms with Crippen molar-refractivity contribution in [1.29, 1.82) is 5.26 Å². The molecule has 0 unspecified atom stereocenters. The molecule has 2 aromatic carbocycles. The minimum atomic E-state index is -0.963. The first-order chi connectivity index (χ1) is 13.5. The first-order valence-corrected chi connectivity index (χ1v) is 8.78. The van der Waals surface area contributed by atoms with E-state index in [0.717, 1.165) is 11.1 Å². The minimum Gasteiger partial charge on any atom is -0.364 e. The van der Waals surface area contributed by atoms with Crippen molar-refractivity contribution >= 4 is 5.84 Å². The number of pyridine rings is 1. The molecular weight excluding hydrogens is 358 g/mol. The van der Waals surface area contributed by atoms with E-state index >= 15 is 0 Å². The SMILES string of the molecule is C[C@@H]1NC(c2cccc(C#N)c2)=N[C@@]1(c1ccc(F)cc1)c1ccnc(F)c1. The number of aromatic nitrogens is 1. The van der Waals surface area contributed by atoms with E-state index in [1.54, 1.807) is 36.4 Å². The second kappa shape index (κ2) is 6.86. The minimum absolute atomic E-state index is 0.250. The Morgan fingerprint density at radius 2 is 1.82 bits per heavy atom. The van der Waals surface area contributed by atoms with Gasteiger partial charge < -0.3 is 5.32 Å². The topological polar surface area (TPSA) is 61.1 Å². The summed E-state index contributed by atoms with van der Waals surface area (Å²) in [6, 6.07) is 18.1. The number of hydrogen-bond acceptors (Lipinski definition) is 4. The molecule has 4 nitrogen and oxygen atoms in total. The fraction of sp³-hybridized carbons (Fsp3) is 0.136. The van der Waals surface area contributed by atoms with Gasteiger partial charge in [0.15, 0.2) is 0 Å². The van der Waals surface area contributed by atoms with Crippen LogP contribution in [0, 0.1) is 23.1 Å². The number of nitriles is 1. The van der Waals surface area contributed by atoms with E-state index in [1.807, 2.05) is 13.0 Å². The van der Waals surface area contributed by atoms with Crippen molar-refractivity contribution in [2.45, 2.75) is 18.5 Å². The zero-order valence-corrected chi connectivity index (χ0v) is 15.0. The standard InChI is InChI=1S/C22H16F2N4/c1-14-22(17-5-7-19(23)8-6-17,18-9-10-26-20(24)12-18)28-21(27-14)16-4-2-3-15(11-16)13-25/h2-12,14H,1H3,(H,27,28)/t14-,22-/m0/s1. The quantitative estimate of drug-likeness (QED) is 0.707. The van der Waals surface area contributed by atoms with Gasteiger partial charge in [-0.25, -0.2) is 14.4 Å². The number of aliphatic imine (C=N–C) groups is 1. The summed E-state index contributed by atoms with van der Waals surface area (Å²) >= 11 is 0. The van der Waals surface area contributed by atoms with E-state index in [0.29, 0.717) is 17.0 Å². The maximum absolute atomic E-state index is 13.9. The molecule has 0 saturated heterocycles. The summed E-state index contributed by atoms with van der Waals surface area (Å²) in [6.45, 7) is 1.94. The number of rotatable bonds is 3. The van der Waals surface area contributed by atoms with Crippen molar-refractivity contribution in [2.24, 2.45) is 4.99 Å². The summed E-state index contributed by atoms with van der Waals surface area (Å²) in [5, 5.41) is 12.5. The molecule has 3 aromatic rings. The van der Waals surface area contributed by atoms with Crippen LogP contribution in [0.25, 0.3) is 0 Å². The number of halogens is 2. The fourth-order valence-electron chi connectivity index (χ4n) is 3.64. The summed E-state index contributed by atoms with van der Waals surface area (Å²) in [6.07, 6.45) is 1.40. The highest BCUT2D eigenvalue weighted by Gasteiger charge is 2.45. The highest BCUT2D eigenvalue weighted by atomic mass is 19.1. The first kappa shape index (κ1) is 17.8. The van der Waals surface area contributed by atoms with Crippen LogP contribution in [0.2, 0.25) is 0 Å². The third-order valence-electron chi connectivity index (χ3n) is 4.98. The Bertz CT molecular complexity index is 1100. The number of nitrogens with zero attached hydrogens (tertiary/aromatic N) is 3. The van der Waals surface area contributed by atoms with Crippen molar-refractivity contribution in [2.75, 3.05) is 0 Å². The van der Waals surface area contributed by atoms with Crippen molar-refractivity contribution < 1.29 is 8.78 Å². The molecule has 0 spiro atoms. The summed E-state index contributed by atoms with van der Waals surface area (Å²) in [4.78, 5) is 8.58. The van der Waals surface area contributed by atoms with E-state index in [4.69, 9.17) is 4.99 Å². The Kier molecular flexibility index (Phi) is 4.36. The number of hydrogen-bond donors (Lipinski definition) is 1. The largest absolute Gasteiger partial charge is 0.364 e. The number of benzene rings is 2. The zero-order chi connectivity index (χ0) is 19.7. The molecule has 0 aliphatic carbocycles. The van der Waals surface area contributed by atoms with Crippen LogP contribution >= 0.6 is 0 Å². The van der Waals surface area contributed by atoms with Crippen LogP contribution in [-0.2, 0) is 5.54 Å². The molecule has 0 radical (unpaired) electrons. The Morgan fingerprint density at radius 3 is 2.54 bits per heavy atom. The predicted octanol–water partition coefficient (Wildman–Crippen LogP) is 3.91. The van der Waals surface area contributed by atoms with Gasteiger partial charge in [0.1, 0.15) is 17.2 Å². The third kappa shape index (κ3) is 2.91. The van der Waals surface area contributed by atoms with Crippen molar-refractivity contribution in [3.8, 4) is 6.07 Å². The van der Waals surface area contributed by atoms with Crippen LogP contribution < -0.4 is 5.32 Å². The summed E-state index contributed by atoms with van der Waals surface area (Å²) in [5.41, 5.74) is 1.65. The zero-order valence-electron chi connectivity index (χ0n) is 15.0. The molecule has 1 aromatic heterocycles. The predicted molar refractivity (Wildman–Crippen MR) is 102 cm³/mol. The molecule has 2 atom stereocenters. The van der Waals surface area contributed by atoms with Gasteiger partial charge in [0.05, 0.1) is 17.7 Å². The van der Waals surface area contributed by atoms with Gasteiger partial charge in [-0.3, -0.25) is 0 Å². The molecular formula is C22H16F2N4. The Labute approximate surface area is 161 Å². The van der Waals surface area contributed by atoms with Gasteiger partial charge in [-0.15, -0.1) is 0 Å².